The van der Waals surface area contributed by atoms with Crippen LogP contribution < -0.4 is 5.32 Å². The summed E-state index contributed by atoms with van der Waals surface area (Å²) < 4.78 is 0. The summed E-state index contributed by atoms with van der Waals surface area (Å²) in [5, 5.41) is 20.0. The Morgan fingerprint density at radius 2 is 2.59 bits per heavy atom. The Hall–Kier alpha value is -1.63. The first kappa shape index (κ1) is 11.8. The van der Waals surface area contributed by atoms with Gasteiger partial charge in [-0.05, 0) is 30.9 Å². The van der Waals surface area contributed by atoms with E-state index in [1.807, 2.05) is 0 Å². The molecule has 1 aliphatic rings. The standard InChI is InChI=1S/C10H17N5O2/c1-2-14-5-3-4-8(7-14)12-9-6-11-13-10(9)15(16)17/h6,8,12H,2-5,7H2,1H3,(H,11,13). The smallest absolute Gasteiger partial charge is 0.366 e. The van der Waals surface area contributed by atoms with Crippen molar-refractivity contribution >= 4 is 11.5 Å². The SMILES string of the molecule is CCN1CCCC(Nc2cn[nH]c2[N+](=O)[O-])C1. The van der Waals surface area contributed by atoms with Crippen molar-refractivity contribution in [1.82, 2.24) is 15.1 Å². The largest absolute Gasteiger partial charge is 0.373 e. The summed E-state index contributed by atoms with van der Waals surface area (Å²) in [5.74, 6) is -0.0568. The first-order chi connectivity index (χ1) is 8.20. The molecule has 1 aromatic rings. The number of nitro groups is 1. The summed E-state index contributed by atoms with van der Waals surface area (Å²) in [6, 6.07) is 0.264. The average molecular weight is 239 g/mol. The zero-order chi connectivity index (χ0) is 12.3. The molecular formula is C10H17N5O2. The predicted octanol–water partition coefficient (Wildman–Crippen LogP) is 1.21. The highest BCUT2D eigenvalue weighted by Crippen LogP contribution is 2.23. The van der Waals surface area contributed by atoms with E-state index in [1.54, 1.807) is 0 Å². The average Bonchev–Trinajstić information content (AvgIpc) is 2.77. The molecule has 1 atom stereocenters. The molecule has 1 aliphatic heterocycles. The van der Waals surface area contributed by atoms with Crippen LogP contribution in [-0.2, 0) is 0 Å². The Bertz CT molecular complexity index is 392. The molecule has 7 nitrogen and oxygen atoms in total. The van der Waals surface area contributed by atoms with E-state index < -0.39 is 4.92 Å². The van der Waals surface area contributed by atoms with Gasteiger partial charge in [0.2, 0.25) is 0 Å². The van der Waals surface area contributed by atoms with Crippen LogP contribution in [-0.4, -0.2) is 45.7 Å². The molecule has 1 aromatic heterocycles. The quantitative estimate of drug-likeness (QED) is 0.609. The van der Waals surface area contributed by atoms with E-state index in [4.69, 9.17) is 0 Å². The first-order valence-corrected chi connectivity index (χ1v) is 5.87. The number of nitrogens with one attached hydrogen (secondary N) is 2. The van der Waals surface area contributed by atoms with Crippen LogP contribution >= 0.6 is 0 Å². The zero-order valence-corrected chi connectivity index (χ0v) is 9.85. The molecule has 0 aromatic carbocycles. The molecule has 0 amide bonds. The van der Waals surface area contributed by atoms with Crippen LogP contribution in [0.5, 0.6) is 0 Å². The van der Waals surface area contributed by atoms with Gasteiger partial charge in [-0.3, -0.25) is 0 Å². The van der Waals surface area contributed by atoms with E-state index in [2.05, 4.69) is 27.3 Å². The van der Waals surface area contributed by atoms with Gasteiger partial charge in [-0.1, -0.05) is 12.0 Å². The van der Waals surface area contributed by atoms with Crippen molar-refractivity contribution < 1.29 is 4.92 Å². The van der Waals surface area contributed by atoms with Crippen molar-refractivity contribution in [2.24, 2.45) is 0 Å². The number of likely N-dealkylation sites (tertiary alicyclic amines) is 1. The Morgan fingerprint density at radius 1 is 1.76 bits per heavy atom. The number of likely N-dealkylation sites (N-methyl/N-ethyl adjacent to an activating group) is 1. The van der Waals surface area contributed by atoms with E-state index in [-0.39, 0.29) is 11.9 Å². The summed E-state index contributed by atoms with van der Waals surface area (Å²) in [4.78, 5) is 12.6. The number of hydrogen-bond acceptors (Lipinski definition) is 5. The number of piperidine rings is 1. The van der Waals surface area contributed by atoms with Crippen molar-refractivity contribution in [3.8, 4) is 0 Å². The van der Waals surface area contributed by atoms with Gasteiger partial charge < -0.3 is 20.3 Å². The van der Waals surface area contributed by atoms with E-state index in [0.29, 0.717) is 5.69 Å². The molecule has 1 unspecified atom stereocenters. The Balaban J connectivity index is 2.00. The first-order valence-electron chi connectivity index (χ1n) is 5.87. The van der Waals surface area contributed by atoms with Gasteiger partial charge in [-0.25, -0.2) is 0 Å². The lowest BCUT2D eigenvalue weighted by Gasteiger charge is -2.32. The zero-order valence-electron chi connectivity index (χ0n) is 9.85. The predicted molar refractivity (Wildman–Crippen MR) is 64.0 cm³/mol. The highest BCUT2D eigenvalue weighted by Gasteiger charge is 2.22. The number of aromatic nitrogens is 2. The minimum absolute atomic E-state index is 0.0568. The maximum Gasteiger partial charge on any atom is 0.366 e. The Labute approximate surface area is 99.3 Å². The summed E-state index contributed by atoms with van der Waals surface area (Å²) in [6.45, 7) is 5.19. The van der Waals surface area contributed by atoms with Crippen molar-refractivity contribution in [2.75, 3.05) is 25.0 Å². The maximum atomic E-state index is 10.7. The summed E-state index contributed by atoms with van der Waals surface area (Å²) >= 11 is 0. The van der Waals surface area contributed by atoms with Crippen LogP contribution in [0.25, 0.3) is 0 Å². The second-order valence-corrected chi connectivity index (χ2v) is 4.27. The number of nitrogens with zero attached hydrogens (tertiary/aromatic N) is 3. The summed E-state index contributed by atoms with van der Waals surface area (Å²) in [7, 11) is 0. The van der Waals surface area contributed by atoms with Crippen LogP contribution in [0, 0.1) is 10.1 Å². The van der Waals surface area contributed by atoms with Crippen molar-refractivity contribution in [3.05, 3.63) is 16.3 Å². The topological polar surface area (TPSA) is 87.1 Å². The third kappa shape index (κ3) is 2.73. The fraction of sp³-hybridized carbons (Fsp3) is 0.700. The summed E-state index contributed by atoms with van der Waals surface area (Å²) in [5.41, 5.74) is 0.484. The van der Waals surface area contributed by atoms with Crippen LogP contribution in [0.4, 0.5) is 11.5 Å². The van der Waals surface area contributed by atoms with E-state index >= 15 is 0 Å². The molecule has 1 saturated heterocycles. The number of anilines is 1. The summed E-state index contributed by atoms with van der Waals surface area (Å²) in [6.07, 6.45) is 3.64. The van der Waals surface area contributed by atoms with Gasteiger partial charge in [-0.2, -0.15) is 0 Å². The van der Waals surface area contributed by atoms with Crippen LogP contribution in [0.2, 0.25) is 0 Å². The second-order valence-electron chi connectivity index (χ2n) is 4.27. The molecule has 0 saturated carbocycles. The maximum absolute atomic E-state index is 10.7. The molecule has 2 N–H and O–H groups in total. The number of rotatable bonds is 4. The van der Waals surface area contributed by atoms with Crippen molar-refractivity contribution in [3.63, 3.8) is 0 Å². The molecule has 94 valence electrons. The highest BCUT2D eigenvalue weighted by atomic mass is 16.6. The van der Waals surface area contributed by atoms with Gasteiger partial charge in [0.05, 0.1) is 0 Å². The van der Waals surface area contributed by atoms with Crippen LogP contribution in [0.3, 0.4) is 0 Å². The number of aromatic amines is 1. The van der Waals surface area contributed by atoms with Gasteiger partial charge in [0.1, 0.15) is 6.20 Å². The third-order valence-corrected chi connectivity index (χ3v) is 3.11. The lowest BCUT2D eigenvalue weighted by molar-refractivity contribution is -0.388. The van der Waals surface area contributed by atoms with Crippen LogP contribution in [0.15, 0.2) is 6.20 Å². The third-order valence-electron chi connectivity index (χ3n) is 3.11. The molecule has 0 radical (unpaired) electrons. The molecule has 0 spiro atoms. The molecular weight excluding hydrogens is 222 g/mol. The van der Waals surface area contributed by atoms with E-state index in [9.17, 15) is 10.1 Å². The number of hydrogen-bond donors (Lipinski definition) is 2. The number of H-pyrrole nitrogens is 1. The Morgan fingerprint density at radius 3 is 3.29 bits per heavy atom. The van der Waals surface area contributed by atoms with Crippen LogP contribution in [0.1, 0.15) is 19.8 Å². The second kappa shape index (κ2) is 5.13. The molecule has 0 aliphatic carbocycles. The molecule has 2 rings (SSSR count). The minimum Gasteiger partial charge on any atom is -0.373 e. The molecule has 2 heterocycles. The molecule has 0 bridgehead atoms. The Kier molecular flexibility index (Phi) is 3.58. The van der Waals surface area contributed by atoms with E-state index in [0.717, 1.165) is 32.5 Å². The van der Waals surface area contributed by atoms with Crippen molar-refractivity contribution in [2.45, 2.75) is 25.8 Å². The van der Waals surface area contributed by atoms with Gasteiger partial charge in [0.25, 0.3) is 0 Å². The minimum atomic E-state index is -0.449. The molecule has 1 fully saturated rings. The van der Waals surface area contributed by atoms with Gasteiger partial charge in [0.15, 0.2) is 5.69 Å². The normalized spacial score (nSPS) is 21.4. The molecule has 7 heteroatoms. The van der Waals surface area contributed by atoms with Gasteiger partial charge in [0, 0.05) is 12.6 Å². The fourth-order valence-corrected chi connectivity index (χ4v) is 2.20. The fourth-order valence-electron chi connectivity index (χ4n) is 2.20. The van der Waals surface area contributed by atoms with Gasteiger partial charge in [-0.15, -0.1) is 5.10 Å². The lowest BCUT2D eigenvalue weighted by atomic mass is 10.1. The van der Waals surface area contributed by atoms with Crippen molar-refractivity contribution in [1.29, 1.82) is 0 Å². The highest BCUT2D eigenvalue weighted by molar-refractivity contribution is 5.56. The molecule has 17 heavy (non-hydrogen) atoms. The van der Waals surface area contributed by atoms with E-state index in [1.165, 1.54) is 6.20 Å². The lowest BCUT2D eigenvalue weighted by Crippen LogP contribution is -2.41. The van der Waals surface area contributed by atoms with Gasteiger partial charge >= 0.3 is 5.82 Å². The monoisotopic (exact) mass is 239 g/mol.